The van der Waals surface area contributed by atoms with Crippen LogP contribution in [0.4, 0.5) is 0 Å². The first-order valence-electron chi connectivity index (χ1n) is 7.74. The van der Waals surface area contributed by atoms with Gasteiger partial charge < -0.3 is 14.7 Å². The summed E-state index contributed by atoms with van der Waals surface area (Å²) >= 11 is 1.49. The van der Waals surface area contributed by atoms with Crippen molar-refractivity contribution < 1.29 is 14.6 Å². The Morgan fingerprint density at radius 2 is 2.17 bits per heavy atom. The summed E-state index contributed by atoms with van der Waals surface area (Å²) in [5.41, 5.74) is 1.62. The average Bonchev–Trinajstić information content (AvgIpc) is 3.16. The van der Waals surface area contributed by atoms with Crippen LogP contribution in [-0.4, -0.2) is 52.8 Å². The van der Waals surface area contributed by atoms with Gasteiger partial charge in [0.15, 0.2) is 0 Å². The van der Waals surface area contributed by atoms with Crippen LogP contribution in [0.5, 0.6) is 0 Å². The lowest BCUT2D eigenvalue weighted by molar-refractivity contribution is -0.00237. The maximum absolute atomic E-state index is 12.5. The van der Waals surface area contributed by atoms with Gasteiger partial charge in [0.25, 0.3) is 5.91 Å². The molecule has 0 spiro atoms. The van der Waals surface area contributed by atoms with Crippen molar-refractivity contribution in [2.75, 3.05) is 19.7 Å². The van der Waals surface area contributed by atoms with Gasteiger partial charge in [0.1, 0.15) is 11.8 Å². The maximum atomic E-state index is 12.5. The molecule has 1 saturated heterocycles. The number of ether oxygens (including phenoxy) is 1. The topological polar surface area (TPSA) is 62.7 Å². The first-order valence-corrected chi connectivity index (χ1v) is 8.62. The fourth-order valence-corrected chi connectivity index (χ4v) is 3.53. The molecule has 1 aliphatic rings. The number of amides is 1. The van der Waals surface area contributed by atoms with E-state index < -0.39 is 6.10 Å². The van der Waals surface area contributed by atoms with E-state index in [1.165, 1.54) is 16.9 Å². The van der Waals surface area contributed by atoms with Crippen LogP contribution in [0.1, 0.15) is 28.0 Å². The lowest BCUT2D eigenvalue weighted by Crippen LogP contribution is -2.30. The maximum Gasteiger partial charge on any atom is 0.273 e. The van der Waals surface area contributed by atoms with E-state index in [1.54, 1.807) is 10.3 Å². The number of hydrogen-bond donors (Lipinski definition) is 1. The van der Waals surface area contributed by atoms with Crippen LogP contribution in [0.2, 0.25) is 0 Å². The summed E-state index contributed by atoms with van der Waals surface area (Å²) in [6, 6.07) is 10.1. The van der Waals surface area contributed by atoms with Crippen LogP contribution in [-0.2, 0) is 11.2 Å². The zero-order valence-electron chi connectivity index (χ0n) is 13.0. The highest BCUT2D eigenvalue weighted by molar-refractivity contribution is 7.09. The SMILES string of the molecule is CCO[C@H]1CN(C(=O)c2csc(Cc3ccccc3)n2)C[C@@H]1O. The molecule has 23 heavy (non-hydrogen) atoms. The van der Waals surface area contributed by atoms with Crippen LogP contribution in [0.3, 0.4) is 0 Å². The minimum absolute atomic E-state index is 0.137. The van der Waals surface area contributed by atoms with Crippen LogP contribution < -0.4 is 0 Å². The molecular formula is C17H20N2O3S. The van der Waals surface area contributed by atoms with E-state index in [2.05, 4.69) is 4.98 Å². The lowest BCUT2D eigenvalue weighted by Gasteiger charge is -2.14. The second-order valence-corrected chi connectivity index (χ2v) is 6.50. The minimum Gasteiger partial charge on any atom is -0.388 e. The third-order valence-electron chi connectivity index (χ3n) is 3.87. The van der Waals surface area contributed by atoms with E-state index in [1.807, 2.05) is 37.3 Å². The largest absolute Gasteiger partial charge is 0.388 e. The molecule has 1 amide bonds. The summed E-state index contributed by atoms with van der Waals surface area (Å²) in [7, 11) is 0. The molecule has 122 valence electrons. The van der Waals surface area contributed by atoms with Gasteiger partial charge in [-0.15, -0.1) is 11.3 Å². The molecule has 2 atom stereocenters. The molecule has 1 N–H and O–H groups in total. The zero-order chi connectivity index (χ0) is 16.2. The second-order valence-electron chi connectivity index (χ2n) is 5.56. The Morgan fingerprint density at radius 1 is 1.39 bits per heavy atom. The van der Waals surface area contributed by atoms with Crippen LogP contribution in [0.15, 0.2) is 35.7 Å². The van der Waals surface area contributed by atoms with E-state index in [0.29, 0.717) is 25.4 Å². The van der Waals surface area contributed by atoms with Gasteiger partial charge >= 0.3 is 0 Å². The van der Waals surface area contributed by atoms with Gasteiger partial charge in [-0.1, -0.05) is 30.3 Å². The molecule has 3 rings (SSSR count). The molecule has 6 heteroatoms. The van der Waals surface area contributed by atoms with Crippen molar-refractivity contribution in [2.24, 2.45) is 0 Å². The number of aromatic nitrogens is 1. The predicted molar refractivity (Wildman–Crippen MR) is 88.7 cm³/mol. The first kappa shape index (κ1) is 16.1. The molecule has 2 aromatic rings. The molecule has 1 aliphatic heterocycles. The van der Waals surface area contributed by atoms with Crippen molar-refractivity contribution in [3.8, 4) is 0 Å². The van der Waals surface area contributed by atoms with Gasteiger partial charge in [-0.2, -0.15) is 0 Å². The van der Waals surface area contributed by atoms with Gasteiger partial charge in [0, 0.05) is 31.5 Å². The summed E-state index contributed by atoms with van der Waals surface area (Å²) in [6.45, 7) is 3.13. The third-order valence-corrected chi connectivity index (χ3v) is 4.72. The quantitative estimate of drug-likeness (QED) is 0.909. The van der Waals surface area contributed by atoms with Crippen molar-refractivity contribution in [1.29, 1.82) is 0 Å². The number of thiazole rings is 1. The van der Waals surface area contributed by atoms with E-state index >= 15 is 0 Å². The molecule has 2 heterocycles. The Balaban J connectivity index is 1.65. The highest BCUT2D eigenvalue weighted by atomic mass is 32.1. The van der Waals surface area contributed by atoms with E-state index in [4.69, 9.17) is 4.74 Å². The Hall–Kier alpha value is -1.76. The number of rotatable bonds is 5. The molecule has 0 unspecified atom stereocenters. The van der Waals surface area contributed by atoms with Crippen molar-refractivity contribution in [2.45, 2.75) is 25.6 Å². The summed E-state index contributed by atoms with van der Waals surface area (Å²) in [5.74, 6) is -0.137. The molecule has 0 saturated carbocycles. The number of aliphatic hydroxyl groups excluding tert-OH is 1. The summed E-state index contributed by atoms with van der Waals surface area (Å²) in [4.78, 5) is 18.6. The Morgan fingerprint density at radius 3 is 2.91 bits per heavy atom. The number of hydrogen-bond acceptors (Lipinski definition) is 5. The summed E-state index contributed by atoms with van der Waals surface area (Å²) < 4.78 is 5.45. The standard InChI is InChI=1S/C17H20N2O3S/c1-2-22-15-10-19(9-14(15)20)17(21)13-11-23-16(18-13)8-12-6-4-3-5-7-12/h3-7,11,14-15,20H,2,8-10H2,1H3/t14-,15-/m0/s1. The van der Waals surface area contributed by atoms with E-state index in [-0.39, 0.29) is 12.0 Å². The second kappa shape index (κ2) is 7.21. The van der Waals surface area contributed by atoms with Crippen molar-refractivity contribution in [3.63, 3.8) is 0 Å². The van der Waals surface area contributed by atoms with E-state index in [9.17, 15) is 9.90 Å². The molecule has 1 aromatic carbocycles. The molecule has 0 aliphatic carbocycles. The number of likely N-dealkylation sites (tertiary alicyclic amines) is 1. The highest BCUT2D eigenvalue weighted by Crippen LogP contribution is 2.19. The van der Waals surface area contributed by atoms with Crippen molar-refractivity contribution in [3.05, 3.63) is 52.0 Å². The van der Waals surface area contributed by atoms with Gasteiger partial charge in [0.2, 0.25) is 0 Å². The Bertz CT molecular complexity index is 659. The van der Waals surface area contributed by atoms with Gasteiger partial charge in [-0.3, -0.25) is 4.79 Å². The fraction of sp³-hybridized carbons (Fsp3) is 0.412. The average molecular weight is 332 g/mol. The smallest absolute Gasteiger partial charge is 0.273 e. The third kappa shape index (κ3) is 3.77. The molecule has 0 bridgehead atoms. The minimum atomic E-state index is -0.624. The molecule has 5 nitrogen and oxygen atoms in total. The number of carbonyl (C=O) groups excluding carboxylic acids is 1. The monoisotopic (exact) mass is 332 g/mol. The highest BCUT2D eigenvalue weighted by Gasteiger charge is 2.35. The summed E-state index contributed by atoms with van der Waals surface area (Å²) in [6.07, 6.45) is -0.198. The number of nitrogens with zero attached hydrogens (tertiary/aromatic N) is 2. The molecule has 0 radical (unpaired) electrons. The summed E-state index contributed by atoms with van der Waals surface area (Å²) in [5, 5.41) is 12.7. The van der Waals surface area contributed by atoms with E-state index in [0.717, 1.165) is 11.4 Å². The Kier molecular flexibility index (Phi) is 5.05. The molecule has 1 aromatic heterocycles. The van der Waals surface area contributed by atoms with Crippen molar-refractivity contribution in [1.82, 2.24) is 9.88 Å². The van der Waals surface area contributed by atoms with Crippen LogP contribution in [0.25, 0.3) is 0 Å². The van der Waals surface area contributed by atoms with Gasteiger partial charge in [-0.25, -0.2) is 4.98 Å². The zero-order valence-corrected chi connectivity index (χ0v) is 13.8. The van der Waals surface area contributed by atoms with Crippen LogP contribution >= 0.6 is 11.3 Å². The fourth-order valence-electron chi connectivity index (χ4n) is 2.72. The van der Waals surface area contributed by atoms with Gasteiger partial charge in [-0.05, 0) is 12.5 Å². The lowest BCUT2D eigenvalue weighted by atomic mass is 10.2. The normalized spacial score (nSPS) is 20.9. The Labute approximate surface area is 139 Å². The number of aliphatic hydroxyl groups is 1. The predicted octanol–water partition coefficient (Wildman–Crippen LogP) is 1.96. The van der Waals surface area contributed by atoms with Crippen molar-refractivity contribution >= 4 is 17.2 Å². The number of carbonyl (C=O) groups is 1. The first-order chi connectivity index (χ1) is 11.2. The van der Waals surface area contributed by atoms with Crippen LogP contribution in [0, 0.1) is 0 Å². The number of β-amino-alcohol motifs (C(OH)–C–C–N with tert-alkyl or cyclic N) is 1. The number of benzene rings is 1. The molecular weight excluding hydrogens is 312 g/mol. The molecule has 1 fully saturated rings. The van der Waals surface area contributed by atoms with Gasteiger partial charge in [0.05, 0.1) is 11.1 Å².